The summed E-state index contributed by atoms with van der Waals surface area (Å²) in [6.07, 6.45) is -0.216. The van der Waals surface area contributed by atoms with Crippen LogP contribution >= 0.6 is 0 Å². The Balaban J connectivity index is 2.23. The molecule has 0 aliphatic carbocycles. The van der Waals surface area contributed by atoms with Gasteiger partial charge in [0.25, 0.3) is 0 Å². The molecule has 1 fully saturated rings. The Morgan fingerprint density at radius 3 is 3.00 bits per heavy atom. The zero-order chi connectivity index (χ0) is 9.26. The van der Waals surface area contributed by atoms with E-state index in [1.165, 1.54) is 0 Å². The molecule has 0 N–H and O–H groups in total. The van der Waals surface area contributed by atoms with Gasteiger partial charge in [0.2, 0.25) is 0 Å². The van der Waals surface area contributed by atoms with Crippen LogP contribution in [0.3, 0.4) is 0 Å². The smallest absolute Gasteiger partial charge is 0.194 e. The van der Waals surface area contributed by atoms with Crippen molar-refractivity contribution in [3.8, 4) is 5.75 Å². The molecule has 13 heavy (non-hydrogen) atoms. The maximum absolute atomic E-state index is 11.5. The van der Waals surface area contributed by atoms with E-state index in [1.807, 2.05) is 6.07 Å². The van der Waals surface area contributed by atoms with E-state index in [4.69, 9.17) is 9.47 Å². The molecule has 1 aromatic rings. The normalized spacial score (nSPS) is 19.6. The van der Waals surface area contributed by atoms with Crippen molar-refractivity contribution in [3.05, 3.63) is 29.8 Å². The van der Waals surface area contributed by atoms with Gasteiger partial charge in [0.05, 0.1) is 13.7 Å². The van der Waals surface area contributed by atoms with E-state index in [1.54, 1.807) is 25.3 Å². The quantitative estimate of drug-likeness (QED) is 0.517. The summed E-state index contributed by atoms with van der Waals surface area (Å²) in [4.78, 5) is 11.5. The van der Waals surface area contributed by atoms with Crippen LogP contribution in [0, 0.1) is 0 Å². The maximum Gasteiger partial charge on any atom is 0.194 e. The number of rotatable bonds is 3. The van der Waals surface area contributed by atoms with Gasteiger partial charge in [-0.15, -0.1) is 0 Å². The molecular formula is C10H10O3. The van der Waals surface area contributed by atoms with Crippen molar-refractivity contribution < 1.29 is 14.3 Å². The highest BCUT2D eigenvalue weighted by atomic mass is 16.6. The monoisotopic (exact) mass is 178 g/mol. The molecule has 1 aliphatic rings. The molecule has 3 nitrogen and oxygen atoms in total. The number of epoxide rings is 1. The summed E-state index contributed by atoms with van der Waals surface area (Å²) in [6.45, 7) is 0.552. The number of carbonyl (C=O) groups is 1. The Labute approximate surface area is 76.3 Å². The fourth-order valence-electron chi connectivity index (χ4n) is 1.16. The minimum absolute atomic E-state index is 0.0406. The summed E-state index contributed by atoms with van der Waals surface area (Å²) in [7, 11) is 1.58. The maximum atomic E-state index is 11.5. The molecule has 0 radical (unpaired) electrons. The Hall–Kier alpha value is -1.35. The predicted molar refractivity (Wildman–Crippen MR) is 47.1 cm³/mol. The molecule has 2 rings (SSSR count). The minimum Gasteiger partial charge on any atom is -0.497 e. The molecule has 1 aliphatic heterocycles. The second-order valence-electron chi connectivity index (χ2n) is 2.92. The van der Waals surface area contributed by atoms with E-state index in [-0.39, 0.29) is 11.9 Å². The molecule has 68 valence electrons. The van der Waals surface area contributed by atoms with Crippen LogP contribution in [0.2, 0.25) is 0 Å². The Morgan fingerprint density at radius 2 is 2.38 bits per heavy atom. The molecule has 1 unspecified atom stereocenters. The van der Waals surface area contributed by atoms with Gasteiger partial charge in [-0.2, -0.15) is 0 Å². The zero-order valence-electron chi connectivity index (χ0n) is 7.32. The second-order valence-corrected chi connectivity index (χ2v) is 2.92. The number of carbonyl (C=O) groups excluding carboxylic acids is 1. The summed E-state index contributed by atoms with van der Waals surface area (Å²) in [5.74, 6) is 0.741. The molecule has 1 saturated heterocycles. The zero-order valence-corrected chi connectivity index (χ0v) is 7.32. The van der Waals surface area contributed by atoms with E-state index in [9.17, 15) is 4.79 Å². The van der Waals surface area contributed by atoms with Gasteiger partial charge in [-0.1, -0.05) is 12.1 Å². The van der Waals surface area contributed by atoms with Crippen LogP contribution < -0.4 is 4.74 Å². The van der Waals surface area contributed by atoms with Gasteiger partial charge in [-0.3, -0.25) is 4.79 Å². The van der Waals surface area contributed by atoms with Crippen LogP contribution in [-0.4, -0.2) is 25.6 Å². The molecule has 1 atom stereocenters. The lowest BCUT2D eigenvalue weighted by Crippen LogP contribution is -2.06. The average Bonchev–Trinajstić information content (AvgIpc) is 3.00. The van der Waals surface area contributed by atoms with Gasteiger partial charge in [-0.25, -0.2) is 0 Å². The highest BCUT2D eigenvalue weighted by molar-refractivity contribution is 6.01. The van der Waals surface area contributed by atoms with E-state index in [0.29, 0.717) is 17.9 Å². The van der Waals surface area contributed by atoms with Crippen molar-refractivity contribution in [3.63, 3.8) is 0 Å². The lowest BCUT2D eigenvalue weighted by Gasteiger charge is -2.01. The predicted octanol–water partition coefficient (Wildman–Crippen LogP) is 1.28. The lowest BCUT2D eigenvalue weighted by atomic mass is 10.1. The fraction of sp³-hybridized carbons (Fsp3) is 0.300. The molecule has 0 aromatic heterocycles. The molecule has 1 heterocycles. The Morgan fingerprint density at radius 1 is 1.62 bits per heavy atom. The molecule has 0 saturated carbocycles. The first-order chi connectivity index (χ1) is 6.31. The van der Waals surface area contributed by atoms with E-state index >= 15 is 0 Å². The third-order valence-electron chi connectivity index (χ3n) is 1.98. The topological polar surface area (TPSA) is 38.8 Å². The van der Waals surface area contributed by atoms with Crippen LogP contribution in [-0.2, 0) is 4.74 Å². The SMILES string of the molecule is COc1cccc(C(=O)C2CO2)c1. The Kier molecular flexibility index (Phi) is 2.02. The standard InChI is InChI=1S/C10H10O3/c1-12-8-4-2-3-7(5-8)10(11)9-6-13-9/h2-5,9H,6H2,1H3. The first kappa shape index (κ1) is 8.26. The van der Waals surface area contributed by atoms with E-state index in [0.717, 1.165) is 0 Å². The number of Topliss-reactive ketones (excluding diaryl/α,β-unsaturated/α-hetero) is 1. The number of hydrogen-bond acceptors (Lipinski definition) is 3. The van der Waals surface area contributed by atoms with Gasteiger partial charge in [0.15, 0.2) is 5.78 Å². The summed E-state index contributed by atoms with van der Waals surface area (Å²) < 4.78 is 9.92. The number of benzene rings is 1. The third kappa shape index (κ3) is 1.70. The van der Waals surface area contributed by atoms with Crippen LogP contribution in [0.4, 0.5) is 0 Å². The van der Waals surface area contributed by atoms with Crippen LogP contribution in [0.5, 0.6) is 5.75 Å². The van der Waals surface area contributed by atoms with Crippen LogP contribution in [0.25, 0.3) is 0 Å². The molecule has 1 aromatic carbocycles. The minimum atomic E-state index is -0.216. The highest BCUT2D eigenvalue weighted by Crippen LogP contribution is 2.19. The van der Waals surface area contributed by atoms with Gasteiger partial charge >= 0.3 is 0 Å². The van der Waals surface area contributed by atoms with Crippen molar-refractivity contribution in [1.29, 1.82) is 0 Å². The molecule has 3 heteroatoms. The van der Waals surface area contributed by atoms with Crippen molar-refractivity contribution in [2.75, 3.05) is 13.7 Å². The molecule has 0 spiro atoms. The van der Waals surface area contributed by atoms with Crippen LogP contribution in [0.15, 0.2) is 24.3 Å². The summed E-state index contributed by atoms with van der Waals surface area (Å²) in [5, 5.41) is 0. The number of methoxy groups -OCH3 is 1. The summed E-state index contributed by atoms with van der Waals surface area (Å²) >= 11 is 0. The highest BCUT2D eigenvalue weighted by Gasteiger charge is 2.31. The van der Waals surface area contributed by atoms with Crippen molar-refractivity contribution in [2.24, 2.45) is 0 Å². The number of ketones is 1. The van der Waals surface area contributed by atoms with Crippen molar-refractivity contribution in [1.82, 2.24) is 0 Å². The van der Waals surface area contributed by atoms with Gasteiger partial charge in [0.1, 0.15) is 11.9 Å². The first-order valence-electron chi connectivity index (χ1n) is 4.11. The van der Waals surface area contributed by atoms with E-state index < -0.39 is 0 Å². The third-order valence-corrected chi connectivity index (χ3v) is 1.98. The molecular weight excluding hydrogens is 168 g/mol. The number of ether oxygens (including phenoxy) is 2. The number of hydrogen-bond donors (Lipinski definition) is 0. The fourth-order valence-corrected chi connectivity index (χ4v) is 1.16. The van der Waals surface area contributed by atoms with Gasteiger partial charge < -0.3 is 9.47 Å². The van der Waals surface area contributed by atoms with Gasteiger partial charge in [-0.05, 0) is 12.1 Å². The first-order valence-corrected chi connectivity index (χ1v) is 4.11. The van der Waals surface area contributed by atoms with Gasteiger partial charge in [0, 0.05) is 5.56 Å². The summed E-state index contributed by atoms with van der Waals surface area (Å²) in [6, 6.07) is 7.11. The molecule has 0 bridgehead atoms. The van der Waals surface area contributed by atoms with Crippen LogP contribution in [0.1, 0.15) is 10.4 Å². The Bertz CT molecular complexity index is 329. The lowest BCUT2D eigenvalue weighted by molar-refractivity contribution is 0.0953. The summed E-state index contributed by atoms with van der Waals surface area (Å²) in [5.41, 5.74) is 0.654. The average molecular weight is 178 g/mol. The van der Waals surface area contributed by atoms with E-state index in [2.05, 4.69) is 0 Å². The second kappa shape index (κ2) is 3.18. The molecule has 0 amide bonds. The van der Waals surface area contributed by atoms with Crippen molar-refractivity contribution in [2.45, 2.75) is 6.10 Å². The largest absolute Gasteiger partial charge is 0.497 e. The van der Waals surface area contributed by atoms with Crippen molar-refractivity contribution >= 4 is 5.78 Å².